The maximum atomic E-state index is 12.0. The van der Waals surface area contributed by atoms with Crippen LogP contribution in [0.1, 0.15) is 57.8 Å². The fourth-order valence-corrected chi connectivity index (χ4v) is 2.79. The molecule has 1 heterocycles. The molecule has 2 aliphatic rings. The van der Waals surface area contributed by atoms with E-state index in [0.29, 0.717) is 17.7 Å². The van der Waals surface area contributed by atoms with Gasteiger partial charge < -0.3 is 5.32 Å². The Morgan fingerprint density at radius 1 is 0.867 bits per heavy atom. The Hall–Kier alpha value is -0.530. The second-order valence-electron chi connectivity index (χ2n) is 5.14. The molecule has 1 N–H and O–H groups in total. The third-order valence-corrected chi connectivity index (χ3v) is 4.05. The van der Waals surface area contributed by atoms with Crippen LogP contribution in [0, 0.1) is 11.8 Å². The van der Waals surface area contributed by atoms with Gasteiger partial charge in [0.1, 0.15) is 0 Å². The van der Waals surface area contributed by atoms with Crippen LogP contribution in [0.25, 0.3) is 0 Å². The number of amides is 1. The highest BCUT2D eigenvalue weighted by Gasteiger charge is 2.31. The van der Waals surface area contributed by atoms with Crippen molar-refractivity contribution in [2.45, 2.75) is 57.8 Å². The van der Waals surface area contributed by atoms with E-state index in [1.165, 1.54) is 51.4 Å². The molecule has 2 fully saturated rings. The third kappa shape index (κ3) is 2.96. The van der Waals surface area contributed by atoms with E-state index in [9.17, 15) is 4.79 Å². The van der Waals surface area contributed by atoms with Crippen LogP contribution in [-0.2, 0) is 4.79 Å². The molecule has 1 saturated carbocycles. The molecule has 2 heteroatoms. The summed E-state index contributed by atoms with van der Waals surface area (Å²) >= 11 is 0. The fourth-order valence-electron chi connectivity index (χ4n) is 2.79. The molecule has 2 rings (SSSR count). The highest BCUT2D eigenvalue weighted by molar-refractivity contribution is 5.79. The van der Waals surface area contributed by atoms with Crippen LogP contribution in [0.5, 0.6) is 0 Å². The summed E-state index contributed by atoms with van der Waals surface area (Å²) in [6.07, 6.45) is 11.5. The van der Waals surface area contributed by atoms with Gasteiger partial charge >= 0.3 is 0 Å². The molecule has 1 amide bonds. The van der Waals surface area contributed by atoms with Gasteiger partial charge in [0.25, 0.3) is 0 Å². The minimum Gasteiger partial charge on any atom is -0.356 e. The Bertz CT molecular complexity index is 211. The Labute approximate surface area is 92.8 Å². The molecule has 0 radical (unpaired) electrons. The number of hydrogen-bond acceptors (Lipinski definition) is 1. The molecule has 0 aromatic carbocycles. The first-order chi connectivity index (χ1) is 7.38. The van der Waals surface area contributed by atoms with Crippen LogP contribution >= 0.6 is 0 Å². The maximum absolute atomic E-state index is 12.0. The molecular formula is C13H23NO. The quantitative estimate of drug-likeness (QED) is 0.707. The maximum Gasteiger partial charge on any atom is 0.223 e. The molecule has 2 nitrogen and oxygen atoms in total. The van der Waals surface area contributed by atoms with E-state index in [-0.39, 0.29) is 0 Å². The zero-order valence-electron chi connectivity index (χ0n) is 9.63. The molecule has 1 saturated heterocycles. The van der Waals surface area contributed by atoms with Crippen molar-refractivity contribution >= 4 is 5.91 Å². The predicted octanol–water partition coefficient (Wildman–Crippen LogP) is 2.87. The minimum atomic E-state index is 0.344. The molecule has 1 aliphatic carbocycles. The summed E-state index contributed by atoms with van der Waals surface area (Å²) in [5.41, 5.74) is 0. The number of nitrogens with one attached hydrogen (secondary N) is 1. The number of hydrogen-bond donors (Lipinski definition) is 1. The first-order valence-electron chi connectivity index (χ1n) is 6.65. The Morgan fingerprint density at radius 2 is 1.60 bits per heavy atom. The normalized spacial score (nSPS) is 30.4. The Kier molecular flexibility index (Phi) is 4.04. The van der Waals surface area contributed by atoms with Crippen molar-refractivity contribution in [3.05, 3.63) is 0 Å². The second kappa shape index (κ2) is 5.53. The van der Waals surface area contributed by atoms with Gasteiger partial charge in [-0.2, -0.15) is 0 Å². The molecule has 86 valence electrons. The van der Waals surface area contributed by atoms with Crippen molar-refractivity contribution in [2.24, 2.45) is 11.8 Å². The molecule has 0 spiro atoms. The summed E-state index contributed by atoms with van der Waals surface area (Å²) in [6.45, 7) is 0.905. The van der Waals surface area contributed by atoms with Crippen molar-refractivity contribution in [3.63, 3.8) is 0 Å². The smallest absolute Gasteiger partial charge is 0.223 e. The molecule has 0 aromatic rings. The molecular weight excluding hydrogens is 186 g/mol. The van der Waals surface area contributed by atoms with Crippen molar-refractivity contribution in [2.75, 3.05) is 6.54 Å². The van der Waals surface area contributed by atoms with E-state index in [0.717, 1.165) is 13.0 Å². The summed E-state index contributed by atoms with van der Waals surface area (Å²) in [5, 5.41) is 3.11. The van der Waals surface area contributed by atoms with Crippen LogP contribution in [0.3, 0.4) is 0 Å². The molecule has 1 atom stereocenters. The Balaban J connectivity index is 1.87. The van der Waals surface area contributed by atoms with Gasteiger partial charge in [-0.25, -0.2) is 0 Å². The van der Waals surface area contributed by atoms with E-state index in [4.69, 9.17) is 0 Å². The molecule has 1 unspecified atom stereocenters. The fraction of sp³-hybridized carbons (Fsp3) is 0.923. The summed E-state index contributed by atoms with van der Waals surface area (Å²) in [5.74, 6) is 1.41. The minimum absolute atomic E-state index is 0.344. The zero-order chi connectivity index (χ0) is 10.5. The van der Waals surface area contributed by atoms with E-state index in [1.54, 1.807) is 0 Å². The number of carbonyl (C=O) groups excluding carboxylic acids is 1. The van der Waals surface area contributed by atoms with E-state index in [2.05, 4.69) is 5.32 Å². The van der Waals surface area contributed by atoms with E-state index in [1.807, 2.05) is 0 Å². The average Bonchev–Trinajstić information content (AvgIpc) is 2.17. The van der Waals surface area contributed by atoms with Gasteiger partial charge in [0, 0.05) is 12.5 Å². The molecule has 0 aromatic heterocycles. The Morgan fingerprint density at radius 3 is 2.33 bits per heavy atom. The van der Waals surface area contributed by atoms with Crippen LogP contribution in [0.2, 0.25) is 0 Å². The van der Waals surface area contributed by atoms with Gasteiger partial charge in [0.05, 0.1) is 0 Å². The highest BCUT2D eigenvalue weighted by Crippen LogP contribution is 2.36. The van der Waals surface area contributed by atoms with Gasteiger partial charge in [-0.15, -0.1) is 0 Å². The molecule has 1 aliphatic heterocycles. The molecule has 0 bridgehead atoms. The summed E-state index contributed by atoms with van der Waals surface area (Å²) < 4.78 is 0. The lowest BCUT2D eigenvalue weighted by atomic mass is 9.73. The average molecular weight is 209 g/mol. The summed E-state index contributed by atoms with van der Waals surface area (Å²) in [6, 6.07) is 0. The van der Waals surface area contributed by atoms with E-state index >= 15 is 0 Å². The topological polar surface area (TPSA) is 29.1 Å². The molecule has 15 heavy (non-hydrogen) atoms. The lowest BCUT2D eigenvalue weighted by molar-refractivity contribution is -0.128. The summed E-state index contributed by atoms with van der Waals surface area (Å²) in [4.78, 5) is 12.0. The van der Waals surface area contributed by atoms with Crippen LogP contribution < -0.4 is 5.32 Å². The number of carbonyl (C=O) groups is 1. The number of rotatable bonds is 1. The van der Waals surface area contributed by atoms with Crippen LogP contribution in [-0.4, -0.2) is 12.5 Å². The SMILES string of the molecule is O=C1NCCCCCCCC1C1CCC1. The third-order valence-electron chi connectivity index (χ3n) is 4.05. The first-order valence-corrected chi connectivity index (χ1v) is 6.65. The lowest BCUT2D eigenvalue weighted by Gasteiger charge is -2.33. The predicted molar refractivity (Wildman–Crippen MR) is 61.5 cm³/mol. The monoisotopic (exact) mass is 209 g/mol. The van der Waals surface area contributed by atoms with Gasteiger partial charge in [-0.05, 0) is 31.6 Å². The second-order valence-corrected chi connectivity index (χ2v) is 5.14. The van der Waals surface area contributed by atoms with Crippen molar-refractivity contribution in [1.29, 1.82) is 0 Å². The van der Waals surface area contributed by atoms with E-state index < -0.39 is 0 Å². The van der Waals surface area contributed by atoms with Crippen LogP contribution in [0.15, 0.2) is 0 Å². The lowest BCUT2D eigenvalue weighted by Crippen LogP contribution is -2.38. The summed E-state index contributed by atoms with van der Waals surface area (Å²) in [7, 11) is 0. The highest BCUT2D eigenvalue weighted by atomic mass is 16.1. The standard InChI is InChI=1S/C13H23NO/c15-13-12(11-7-6-8-11)9-4-2-1-3-5-10-14-13/h11-12H,1-10H2,(H,14,15). The van der Waals surface area contributed by atoms with Crippen molar-refractivity contribution in [3.8, 4) is 0 Å². The van der Waals surface area contributed by atoms with Crippen LogP contribution in [0.4, 0.5) is 0 Å². The first kappa shape index (κ1) is 11.0. The zero-order valence-corrected chi connectivity index (χ0v) is 9.63. The van der Waals surface area contributed by atoms with Crippen molar-refractivity contribution in [1.82, 2.24) is 5.32 Å². The van der Waals surface area contributed by atoms with Gasteiger partial charge in [0.15, 0.2) is 0 Å². The van der Waals surface area contributed by atoms with Gasteiger partial charge in [0.2, 0.25) is 5.91 Å². The largest absolute Gasteiger partial charge is 0.356 e. The van der Waals surface area contributed by atoms with Gasteiger partial charge in [-0.1, -0.05) is 32.1 Å². The van der Waals surface area contributed by atoms with Crippen molar-refractivity contribution < 1.29 is 4.79 Å². The van der Waals surface area contributed by atoms with Gasteiger partial charge in [-0.3, -0.25) is 4.79 Å².